The number of hydrogen-bond acceptors (Lipinski definition) is 4. The fourth-order valence-electron chi connectivity index (χ4n) is 2.87. The summed E-state index contributed by atoms with van der Waals surface area (Å²) in [6, 6.07) is 3.45. The van der Waals surface area contributed by atoms with Gasteiger partial charge in [0.1, 0.15) is 5.82 Å². The smallest absolute Gasteiger partial charge is 0.238 e. The van der Waals surface area contributed by atoms with Gasteiger partial charge in [-0.3, -0.25) is 0 Å². The van der Waals surface area contributed by atoms with E-state index in [2.05, 4.69) is 12.2 Å². The fourth-order valence-corrected chi connectivity index (χ4v) is 3.39. The van der Waals surface area contributed by atoms with Crippen LogP contribution in [0.5, 0.6) is 0 Å². The van der Waals surface area contributed by atoms with Crippen molar-refractivity contribution in [3.8, 4) is 0 Å². The quantitative estimate of drug-likeness (QED) is 0.790. The highest BCUT2D eigenvalue weighted by molar-refractivity contribution is 7.89. The maximum Gasteiger partial charge on any atom is 0.238 e. The first-order valence-electron chi connectivity index (χ1n) is 6.98. The Hall–Kier alpha value is -1.18. The van der Waals surface area contributed by atoms with Crippen molar-refractivity contribution in [2.45, 2.75) is 43.1 Å². The second-order valence-electron chi connectivity index (χ2n) is 5.97. The summed E-state index contributed by atoms with van der Waals surface area (Å²) in [6.45, 7) is 2.33. The van der Waals surface area contributed by atoms with E-state index in [0.717, 1.165) is 18.9 Å². The van der Waals surface area contributed by atoms with Crippen molar-refractivity contribution in [1.82, 2.24) is 0 Å². The molecule has 1 aliphatic carbocycles. The number of anilines is 1. The molecule has 2 rings (SSSR count). The Morgan fingerprint density at radius 3 is 2.81 bits per heavy atom. The molecule has 1 fully saturated rings. The third kappa shape index (κ3) is 4.15. The van der Waals surface area contributed by atoms with E-state index < -0.39 is 21.4 Å². The number of halogens is 1. The Kier molecular flexibility index (Phi) is 4.55. The van der Waals surface area contributed by atoms with Crippen LogP contribution < -0.4 is 10.5 Å². The summed E-state index contributed by atoms with van der Waals surface area (Å²) < 4.78 is 36.2. The van der Waals surface area contributed by atoms with E-state index in [1.165, 1.54) is 12.1 Å². The van der Waals surface area contributed by atoms with Crippen molar-refractivity contribution in [3.63, 3.8) is 0 Å². The largest absolute Gasteiger partial charge is 0.388 e. The predicted octanol–water partition coefficient (Wildman–Crippen LogP) is 1.83. The number of hydrogen-bond donors (Lipinski definition) is 3. The number of aliphatic hydroxyl groups is 1. The molecule has 0 aliphatic heterocycles. The zero-order chi connectivity index (χ0) is 15.7. The lowest BCUT2D eigenvalue weighted by Crippen LogP contribution is -2.41. The van der Waals surface area contributed by atoms with Gasteiger partial charge < -0.3 is 10.4 Å². The molecule has 0 heterocycles. The molecular weight excluding hydrogens is 295 g/mol. The Balaban J connectivity index is 2.07. The number of rotatable bonds is 4. The van der Waals surface area contributed by atoms with E-state index in [0.29, 0.717) is 18.8 Å². The predicted molar refractivity (Wildman–Crippen MR) is 78.8 cm³/mol. The van der Waals surface area contributed by atoms with Gasteiger partial charge in [-0.05, 0) is 37.0 Å². The summed E-state index contributed by atoms with van der Waals surface area (Å²) in [7, 11) is -3.91. The van der Waals surface area contributed by atoms with Crippen LogP contribution in [0.25, 0.3) is 0 Å². The molecule has 118 valence electrons. The van der Waals surface area contributed by atoms with Crippen molar-refractivity contribution in [2.75, 3.05) is 11.9 Å². The highest BCUT2D eigenvalue weighted by Crippen LogP contribution is 2.32. The zero-order valence-electron chi connectivity index (χ0n) is 12.0. The van der Waals surface area contributed by atoms with Gasteiger partial charge in [-0.25, -0.2) is 17.9 Å². The number of nitrogens with two attached hydrogens (primary N) is 1. The van der Waals surface area contributed by atoms with Crippen LogP contribution in [0.3, 0.4) is 0 Å². The molecule has 1 saturated carbocycles. The van der Waals surface area contributed by atoms with Gasteiger partial charge in [0, 0.05) is 6.54 Å². The van der Waals surface area contributed by atoms with Crippen LogP contribution in [-0.4, -0.2) is 25.7 Å². The Morgan fingerprint density at radius 1 is 1.52 bits per heavy atom. The lowest BCUT2D eigenvalue weighted by molar-refractivity contribution is -0.000805. The molecule has 0 spiro atoms. The van der Waals surface area contributed by atoms with Gasteiger partial charge >= 0.3 is 0 Å². The van der Waals surface area contributed by atoms with E-state index in [-0.39, 0.29) is 17.1 Å². The minimum absolute atomic E-state index is 0.161. The molecule has 2 unspecified atom stereocenters. The van der Waals surface area contributed by atoms with E-state index in [1.807, 2.05) is 0 Å². The molecule has 0 saturated heterocycles. The molecule has 2 atom stereocenters. The molecule has 0 bridgehead atoms. The highest BCUT2D eigenvalue weighted by atomic mass is 32.2. The van der Waals surface area contributed by atoms with Gasteiger partial charge in [0.2, 0.25) is 10.0 Å². The molecule has 0 amide bonds. The summed E-state index contributed by atoms with van der Waals surface area (Å²) in [5.41, 5.74) is -0.683. The average molecular weight is 316 g/mol. The second-order valence-corrected chi connectivity index (χ2v) is 7.53. The summed E-state index contributed by atoms with van der Waals surface area (Å²) >= 11 is 0. The average Bonchev–Trinajstić information content (AvgIpc) is 2.36. The number of benzene rings is 1. The molecule has 7 heteroatoms. The van der Waals surface area contributed by atoms with Crippen LogP contribution in [0.1, 0.15) is 32.6 Å². The van der Waals surface area contributed by atoms with Gasteiger partial charge in [-0.15, -0.1) is 0 Å². The topological polar surface area (TPSA) is 92.4 Å². The van der Waals surface area contributed by atoms with E-state index >= 15 is 0 Å². The van der Waals surface area contributed by atoms with E-state index in [4.69, 9.17) is 5.14 Å². The Bertz CT molecular complexity index is 621. The third-order valence-corrected chi connectivity index (χ3v) is 4.86. The van der Waals surface area contributed by atoms with E-state index in [9.17, 15) is 17.9 Å². The SMILES string of the molecule is CC1CCCC(O)(CNc2ccc(S(N)(=O)=O)cc2F)C1. The summed E-state index contributed by atoms with van der Waals surface area (Å²) in [5, 5.41) is 18.3. The number of nitrogens with one attached hydrogen (secondary N) is 1. The number of sulfonamides is 1. The molecule has 5 nitrogen and oxygen atoms in total. The van der Waals surface area contributed by atoms with Crippen LogP contribution in [0, 0.1) is 11.7 Å². The Labute approximate surface area is 124 Å². The Morgan fingerprint density at radius 2 is 2.24 bits per heavy atom. The second kappa shape index (κ2) is 5.90. The fraction of sp³-hybridized carbons (Fsp3) is 0.571. The van der Waals surface area contributed by atoms with Crippen molar-refractivity contribution in [1.29, 1.82) is 0 Å². The van der Waals surface area contributed by atoms with Crippen molar-refractivity contribution < 1.29 is 17.9 Å². The normalized spacial score (nSPS) is 26.6. The van der Waals surface area contributed by atoms with Crippen LogP contribution in [0.15, 0.2) is 23.1 Å². The first-order chi connectivity index (χ1) is 9.70. The van der Waals surface area contributed by atoms with Gasteiger partial charge in [0.05, 0.1) is 16.2 Å². The standard InChI is InChI=1S/C14H21FN2O3S/c1-10-3-2-6-14(18,8-10)9-17-13-5-4-11(7-12(13)15)21(16,19)20/h4-5,7,10,17-18H,2-3,6,8-9H2,1H3,(H2,16,19,20). The maximum absolute atomic E-state index is 13.9. The molecule has 0 radical (unpaired) electrons. The molecule has 0 aromatic heterocycles. The van der Waals surface area contributed by atoms with Crippen LogP contribution in [0.4, 0.5) is 10.1 Å². The molecule has 1 aromatic rings. The molecule has 1 aliphatic rings. The van der Waals surface area contributed by atoms with Gasteiger partial charge in [0.25, 0.3) is 0 Å². The molecule has 1 aromatic carbocycles. The highest BCUT2D eigenvalue weighted by Gasteiger charge is 2.32. The minimum Gasteiger partial charge on any atom is -0.388 e. The molecular formula is C14H21FN2O3S. The van der Waals surface area contributed by atoms with Crippen LogP contribution in [0.2, 0.25) is 0 Å². The van der Waals surface area contributed by atoms with E-state index in [1.54, 1.807) is 0 Å². The van der Waals surface area contributed by atoms with Crippen molar-refractivity contribution in [3.05, 3.63) is 24.0 Å². The summed E-state index contributed by atoms with van der Waals surface area (Å²) in [5.74, 6) is -0.255. The number of primary sulfonamides is 1. The third-order valence-electron chi connectivity index (χ3n) is 3.94. The lowest BCUT2D eigenvalue weighted by atomic mass is 9.79. The maximum atomic E-state index is 13.9. The minimum atomic E-state index is -3.91. The monoisotopic (exact) mass is 316 g/mol. The van der Waals surface area contributed by atoms with Gasteiger partial charge in [0.15, 0.2) is 0 Å². The van der Waals surface area contributed by atoms with Crippen molar-refractivity contribution in [2.24, 2.45) is 11.1 Å². The summed E-state index contributed by atoms with van der Waals surface area (Å²) in [4.78, 5) is -0.268. The first kappa shape index (κ1) is 16.2. The zero-order valence-corrected chi connectivity index (χ0v) is 12.8. The lowest BCUT2D eigenvalue weighted by Gasteiger charge is -2.35. The molecule has 21 heavy (non-hydrogen) atoms. The van der Waals surface area contributed by atoms with Crippen LogP contribution >= 0.6 is 0 Å². The molecule has 4 N–H and O–H groups in total. The van der Waals surface area contributed by atoms with Crippen LogP contribution in [-0.2, 0) is 10.0 Å². The van der Waals surface area contributed by atoms with Gasteiger partial charge in [-0.2, -0.15) is 0 Å². The summed E-state index contributed by atoms with van der Waals surface area (Å²) in [6.07, 6.45) is 3.41. The van der Waals surface area contributed by atoms with Gasteiger partial charge in [-0.1, -0.05) is 19.8 Å². The first-order valence-corrected chi connectivity index (χ1v) is 8.53. The van der Waals surface area contributed by atoms with Crippen molar-refractivity contribution >= 4 is 15.7 Å².